The molecule has 1 unspecified atom stereocenters. The van der Waals surface area contributed by atoms with Crippen LogP contribution in [0.15, 0.2) is 70.7 Å². The Morgan fingerprint density at radius 2 is 1.87 bits per heavy atom. The van der Waals surface area contributed by atoms with Crippen LogP contribution >= 0.6 is 23.2 Å². The molecule has 45 heavy (non-hydrogen) atoms. The number of benzene rings is 2. The molecule has 0 saturated carbocycles. The van der Waals surface area contributed by atoms with Crippen LogP contribution in [0.25, 0.3) is 0 Å². The summed E-state index contributed by atoms with van der Waals surface area (Å²) in [5.74, 6) is 1.03. The molecule has 1 fully saturated rings. The summed E-state index contributed by atoms with van der Waals surface area (Å²) in [6.07, 6.45) is 7.81. The fraction of sp³-hybridized carbons (Fsp3) is 0.424. The number of amides is 2. The molecule has 1 saturated heterocycles. The van der Waals surface area contributed by atoms with Crippen molar-refractivity contribution in [2.75, 3.05) is 51.3 Å². The Morgan fingerprint density at radius 3 is 2.47 bits per heavy atom. The van der Waals surface area contributed by atoms with Gasteiger partial charge in [0.05, 0.1) is 42.1 Å². The SMILES string of the molecule is CCOc1cc(C#N)ccc1/C(=N/[C@H](C)C1C=CC(Cl)=CC1)N(Cc1ccc(Cl)cc1)C(=O)N1CCN(CCS(C)(=O)=O)CC1. The molecular weight excluding hydrogens is 633 g/mol. The molecule has 1 aliphatic carbocycles. The van der Waals surface area contributed by atoms with Gasteiger partial charge in [0.25, 0.3) is 0 Å². The zero-order valence-corrected chi connectivity index (χ0v) is 28.2. The Bertz CT molecular complexity index is 1590. The normalized spacial score (nSPS) is 18.2. The number of aliphatic imine (C=N–C) groups is 1. The van der Waals surface area contributed by atoms with E-state index >= 15 is 0 Å². The first-order chi connectivity index (χ1) is 21.5. The smallest absolute Gasteiger partial charge is 0.326 e. The van der Waals surface area contributed by atoms with Crippen molar-refractivity contribution in [2.24, 2.45) is 10.9 Å². The third kappa shape index (κ3) is 9.81. The van der Waals surface area contributed by atoms with E-state index in [1.807, 2.05) is 44.2 Å². The van der Waals surface area contributed by atoms with Crippen LogP contribution < -0.4 is 4.74 Å². The average Bonchev–Trinajstić information content (AvgIpc) is 3.02. The molecule has 1 aliphatic heterocycles. The van der Waals surface area contributed by atoms with Crippen LogP contribution in [0.1, 0.15) is 37.0 Å². The number of allylic oxidation sites excluding steroid dienone is 3. The van der Waals surface area contributed by atoms with E-state index in [1.54, 1.807) is 40.1 Å². The lowest BCUT2D eigenvalue weighted by atomic mass is 9.94. The van der Waals surface area contributed by atoms with Crippen molar-refractivity contribution in [2.45, 2.75) is 32.9 Å². The lowest BCUT2D eigenvalue weighted by Gasteiger charge is -2.38. The Balaban J connectivity index is 1.75. The molecule has 2 atom stereocenters. The Labute approximate surface area is 276 Å². The topological polar surface area (TPSA) is 106 Å². The second kappa shape index (κ2) is 15.8. The van der Waals surface area contributed by atoms with Crippen LogP contribution in [-0.4, -0.2) is 92.4 Å². The van der Waals surface area contributed by atoms with Gasteiger partial charge in [0, 0.05) is 55.0 Å². The molecule has 9 nitrogen and oxygen atoms in total. The fourth-order valence-electron chi connectivity index (χ4n) is 5.23. The highest BCUT2D eigenvalue weighted by Crippen LogP contribution is 2.29. The molecule has 2 aromatic carbocycles. The van der Waals surface area contributed by atoms with Crippen molar-refractivity contribution in [1.29, 1.82) is 5.26 Å². The molecule has 0 bridgehead atoms. The molecule has 2 amide bonds. The van der Waals surface area contributed by atoms with E-state index in [9.17, 15) is 18.5 Å². The lowest BCUT2D eigenvalue weighted by molar-refractivity contribution is 0.128. The maximum atomic E-state index is 14.5. The van der Waals surface area contributed by atoms with Crippen molar-refractivity contribution < 1.29 is 17.9 Å². The molecule has 0 spiro atoms. The second-order valence-corrected chi connectivity index (χ2v) is 14.4. The minimum atomic E-state index is -3.09. The standard InChI is InChI=1S/C33H39Cl2N5O4S/c1-4-44-31-21-26(22-36)7-14-30(31)32(37-24(2)27-8-12-29(35)13-9-27)40(23-25-5-10-28(34)11-6-25)33(41)39-17-15-38(16-18-39)19-20-45(3,42)43/h5-8,10-14,21,24,27H,4,9,15-20,23H2,1-3H3/b37-32-/t24-,27?/m1/s1. The van der Waals surface area contributed by atoms with Crippen LogP contribution in [0, 0.1) is 17.2 Å². The zero-order chi connectivity index (χ0) is 32.6. The van der Waals surface area contributed by atoms with Gasteiger partial charge in [0.1, 0.15) is 21.4 Å². The Hall–Kier alpha value is -3.36. The summed E-state index contributed by atoms with van der Waals surface area (Å²) in [6.45, 7) is 6.86. The number of urea groups is 1. The third-order valence-electron chi connectivity index (χ3n) is 7.85. The number of carbonyl (C=O) groups excluding carboxylic acids is 1. The first-order valence-corrected chi connectivity index (χ1v) is 17.8. The molecule has 12 heteroatoms. The number of carbonyl (C=O) groups is 1. The summed E-state index contributed by atoms with van der Waals surface area (Å²) in [4.78, 5) is 25.2. The van der Waals surface area contributed by atoms with E-state index in [2.05, 4.69) is 11.0 Å². The molecule has 0 radical (unpaired) electrons. The first-order valence-electron chi connectivity index (χ1n) is 15.0. The number of nitrogens with zero attached hydrogens (tertiary/aromatic N) is 5. The highest BCUT2D eigenvalue weighted by atomic mass is 35.5. The van der Waals surface area contributed by atoms with Gasteiger partial charge in [-0.05, 0) is 62.2 Å². The lowest BCUT2D eigenvalue weighted by Crippen LogP contribution is -2.54. The second-order valence-electron chi connectivity index (χ2n) is 11.3. The zero-order valence-electron chi connectivity index (χ0n) is 25.8. The van der Waals surface area contributed by atoms with Crippen molar-refractivity contribution in [3.8, 4) is 11.8 Å². The van der Waals surface area contributed by atoms with Gasteiger partial charge >= 0.3 is 6.03 Å². The minimum absolute atomic E-state index is 0.0577. The van der Waals surface area contributed by atoms with E-state index in [0.29, 0.717) is 78.5 Å². The molecular formula is C33H39Cl2N5O4S. The molecule has 240 valence electrons. The van der Waals surface area contributed by atoms with E-state index in [0.717, 1.165) is 5.56 Å². The summed E-state index contributed by atoms with van der Waals surface area (Å²) < 4.78 is 29.4. The maximum Gasteiger partial charge on any atom is 0.326 e. The summed E-state index contributed by atoms with van der Waals surface area (Å²) in [7, 11) is -3.09. The van der Waals surface area contributed by atoms with Gasteiger partial charge < -0.3 is 9.64 Å². The van der Waals surface area contributed by atoms with Gasteiger partial charge in [-0.15, -0.1) is 0 Å². The van der Waals surface area contributed by atoms with Gasteiger partial charge in [-0.1, -0.05) is 47.5 Å². The van der Waals surface area contributed by atoms with Crippen LogP contribution in [0.5, 0.6) is 5.75 Å². The minimum Gasteiger partial charge on any atom is -0.493 e. The van der Waals surface area contributed by atoms with Gasteiger partial charge in [-0.25, -0.2) is 13.2 Å². The molecule has 0 aromatic heterocycles. The van der Waals surface area contributed by atoms with Crippen LogP contribution in [0.2, 0.25) is 5.02 Å². The summed E-state index contributed by atoms with van der Waals surface area (Å²) in [6, 6.07) is 14.2. The number of nitriles is 1. The maximum absolute atomic E-state index is 14.5. The number of ether oxygens (including phenoxy) is 1. The predicted molar refractivity (Wildman–Crippen MR) is 180 cm³/mol. The molecule has 1 heterocycles. The van der Waals surface area contributed by atoms with Crippen LogP contribution in [-0.2, 0) is 16.4 Å². The van der Waals surface area contributed by atoms with E-state index < -0.39 is 9.84 Å². The van der Waals surface area contributed by atoms with Gasteiger partial charge in [-0.2, -0.15) is 5.26 Å². The number of sulfone groups is 1. The van der Waals surface area contributed by atoms with Gasteiger partial charge in [-0.3, -0.25) is 14.8 Å². The molecule has 4 rings (SSSR count). The Kier molecular flexibility index (Phi) is 12.1. The molecule has 0 N–H and O–H groups in total. The molecule has 2 aromatic rings. The van der Waals surface area contributed by atoms with Crippen molar-refractivity contribution >= 4 is 44.9 Å². The summed E-state index contributed by atoms with van der Waals surface area (Å²) in [5, 5.41) is 10.9. The highest BCUT2D eigenvalue weighted by Gasteiger charge is 2.31. The largest absolute Gasteiger partial charge is 0.493 e. The number of hydrogen-bond acceptors (Lipinski definition) is 7. The first kappa shape index (κ1) is 34.5. The van der Waals surface area contributed by atoms with Crippen molar-refractivity contribution in [3.63, 3.8) is 0 Å². The van der Waals surface area contributed by atoms with E-state index in [-0.39, 0.29) is 30.3 Å². The van der Waals surface area contributed by atoms with Crippen LogP contribution in [0.4, 0.5) is 4.79 Å². The number of amidine groups is 1. The fourth-order valence-corrected chi connectivity index (χ4v) is 6.10. The van der Waals surface area contributed by atoms with E-state index in [1.165, 1.54) is 6.26 Å². The highest BCUT2D eigenvalue weighted by molar-refractivity contribution is 7.90. The van der Waals surface area contributed by atoms with Gasteiger partial charge in [0.15, 0.2) is 0 Å². The van der Waals surface area contributed by atoms with E-state index in [4.69, 9.17) is 32.9 Å². The van der Waals surface area contributed by atoms with Crippen molar-refractivity contribution in [1.82, 2.24) is 14.7 Å². The number of halogens is 2. The average molecular weight is 673 g/mol. The summed E-state index contributed by atoms with van der Waals surface area (Å²) in [5.41, 5.74) is 1.90. The number of hydrogen-bond donors (Lipinski definition) is 0. The Morgan fingerprint density at radius 1 is 1.16 bits per heavy atom. The number of rotatable bonds is 10. The van der Waals surface area contributed by atoms with Gasteiger partial charge in [0.2, 0.25) is 0 Å². The quantitative estimate of drug-likeness (QED) is 0.236. The monoisotopic (exact) mass is 671 g/mol. The molecule has 2 aliphatic rings. The predicted octanol–water partition coefficient (Wildman–Crippen LogP) is 5.73. The van der Waals surface area contributed by atoms with Crippen LogP contribution in [0.3, 0.4) is 0 Å². The summed E-state index contributed by atoms with van der Waals surface area (Å²) >= 11 is 12.4. The number of piperazine rings is 1. The third-order valence-corrected chi connectivity index (χ3v) is 9.30. The van der Waals surface area contributed by atoms with Crippen molar-refractivity contribution in [3.05, 3.63) is 87.4 Å².